The molecule has 74 heavy (non-hydrogen) atoms. The van der Waals surface area contributed by atoms with E-state index in [9.17, 15) is 28.8 Å². The van der Waals surface area contributed by atoms with Crippen molar-refractivity contribution in [1.29, 1.82) is 0 Å². The Labute approximate surface area is 427 Å². The van der Waals surface area contributed by atoms with Gasteiger partial charge < -0.3 is 30.3 Å². The summed E-state index contributed by atoms with van der Waals surface area (Å²) in [5, 5.41) is 20.1. The fourth-order valence-corrected chi connectivity index (χ4v) is 8.97. The van der Waals surface area contributed by atoms with Crippen LogP contribution in [0.4, 0.5) is 23.0 Å². The number of ether oxygens (including phenoxy) is 2. The lowest BCUT2D eigenvalue weighted by Crippen LogP contribution is -2.54. The monoisotopic (exact) mass is 1000 g/mol. The largest absolute Gasteiger partial charge is 0.382 e. The van der Waals surface area contributed by atoms with Crippen molar-refractivity contribution >= 4 is 58.5 Å². The van der Waals surface area contributed by atoms with Crippen LogP contribution in [0, 0.1) is 6.92 Å². The van der Waals surface area contributed by atoms with E-state index >= 15 is 0 Å². The van der Waals surface area contributed by atoms with Crippen molar-refractivity contribution in [2.45, 2.75) is 58.2 Å². The molecule has 2 fully saturated rings. The Morgan fingerprint density at radius 3 is 2.47 bits per heavy atom. The maximum Gasteiger partial charge on any atom is 0.264 e. The molecule has 4 N–H and O–H groups in total. The van der Waals surface area contributed by atoms with Gasteiger partial charge in [-0.3, -0.25) is 48.9 Å². The van der Waals surface area contributed by atoms with Gasteiger partial charge >= 0.3 is 0 Å². The number of carbonyl (C=O) groups excluding carboxylic acids is 6. The molecule has 1 atom stereocenters. The van der Waals surface area contributed by atoms with Gasteiger partial charge in [0, 0.05) is 105 Å². The van der Waals surface area contributed by atoms with E-state index in [0.717, 1.165) is 58.3 Å². The summed E-state index contributed by atoms with van der Waals surface area (Å²) >= 11 is 0. The predicted molar refractivity (Wildman–Crippen MR) is 272 cm³/mol. The first-order chi connectivity index (χ1) is 36.1. The molecule has 0 aliphatic carbocycles. The van der Waals surface area contributed by atoms with E-state index in [2.05, 4.69) is 51.4 Å². The zero-order valence-electron chi connectivity index (χ0n) is 41.0. The number of aryl methyl sites for hydroxylation is 2. The molecule has 3 aliphatic heterocycles. The second-order valence-electron chi connectivity index (χ2n) is 18.1. The molecule has 3 aliphatic rings. The number of benzene rings is 3. The maximum atomic E-state index is 13.3. The lowest BCUT2D eigenvalue weighted by Gasteiger charge is -2.34. The van der Waals surface area contributed by atoms with Gasteiger partial charge in [-0.2, -0.15) is 0 Å². The number of carbonyl (C=O) groups is 6. The molecule has 382 valence electrons. The van der Waals surface area contributed by atoms with Crippen molar-refractivity contribution < 1.29 is 38.2 Å². The van der Waals surface area contributed by atoms with Gasteiger partial charge in [-0.25, -0.2) is 14.6 Å². The first-order valence-electron chi connectivity index (χ1n) is 24.7. The minimum atomic E-state index is -1.03. The van der Waals surface area contributed by atoms with Crippen LogP contribution in [0.2, 0.25) is 0 Å². The third kappa shape index (κ3) is 12.7. The molecule has 1 unspecified atom stereocenters. The summed E-state index contributed by atoms with van der Waals surface area (Å²) in [4.78, 5) is 95.1. The number of rotatable bonds is 22. The second-order valence-corrected chi connectivity index (χ2v) is 18.1. The van der Waals surface area contributed by atoms with Crippen LogP contribution in [-0.2, 0) is 43.4 Å². The zero-order chi connectivity index (χ0) is 51.4. The Hall–Kier alpha value is -8.27. The van der Waals surface area contributed by atoms with E-state index < -0.39 is 29.7 Å². The molecule has 21 nitrogen and oxygen atoms in total. The van der Waals surface area contributed by atoms with Crippen LogP contribution in [0.1, 0.15) is 73.6 Å². The van der Waals surface area contributed by atoms with Crippen LogP contribution in [0.3, 0.4) is 0 Å². The van der Waals surface area contributed by atoms with Crippen molar-refractivity contribution in [1.82, 2.24) is 50.0 Å². The fourth-order valence-electron chi connectivity index (χ4n) is 8.97. The molecule has 6 amide bonds. The number of amides is 6. The summed E-state index contributed by atoms with van der Waals surface area (Å²) in [5.74, 6) is -1.86. The van der Waals surface area contributed by atoms with Gasteiger partial charge in [-0.1, -0.05) is 29.5 Å². The number of pyridine rings is 1. The summed E-state index contributed by atoms with van der Waals surface area (Å²) in [7, 11) is 0. The summed E-state index contributed by atoms with van der Waals surface area (Å²) in [5.41, 5.74) is 7.33. The number of hydrogen-bond acceptors (Lipinski definition) is 16. The third-order valence-corrected chi connectivity index (χ3v) is 13.0. The Balaban J connectivity index is 0.617. The number of nitrogens with one attached hydrogen (secondary N) is 4. The molecule has 6 aromatic rings. The summed E-state index contributed by atoms with van der Waals surface area (Å²) in [6, 6.07) is 22.8. The first kappa shape index (κ1) is 50.7. The zero-order valence-corrected chi connectivity index (χ0v) is 41.0. The molecule has 0 spiro atoms. The van der Waals surface area contributed by atoms with Gasteiger partial charge in [0.2, 0.25) is 23.7 Å². The molecular weight excluding hydrogens is 947 g/mol. The molecule has 9 rings (SSSR count). The number of anilines is 4. The maximum absolute atomic E-state index is 13.3. The SMILES string of the molecule is Cc1ccc(NC(=O)c2ccc(CN3CCN(C(=O)CCCc4cn(CCOCCOCCNc5cccc6c5C(=O)N(C5CCC(=O)NC5=O)C6=O)nn4)CC3)cc2)cc1Nc1nccc(-c2cccnc2)n1. The van der Waals surface area contributed by atoms with Crippen LogP contribution >= 0.6 is 0 Å². The minimum absolute atomic E-state index is 0.0539. The topological polar surface area (TPSA) is 248 Å². The Morgan fingerprint density at radius 2 is 1.68 bits per heavy atom. The van der Waals surface area contributed by atoms with Gasteiger partial charge in [0.15, 0.2) is 0 Å². The molecule has 3 aromatic carbocycles. The van der Waals surface area contributed by atoms with E-state index in [1.54, 1.807) is 41.5 Å². The lowest BCUT2D eigenvalue weighted by molar-refractivity contribution is -0.136. The first-order valence-corrected chi connectivity index (χ1v) is 24.7. The second kappa shape index (κ2) is 24.0. The van der Waals surface area contributed by atoms with Crippen molar-refractivity contribution in [3.63, 3.8) is 0 Å². The lowest BCUT2D eigenvalue weighted by atomic mass is 10.0. The van der Waals surface area contributed by atoms with Crippen molar-refractivity contribution in [3.8, 4) is 11.3 Å². The molecule has 2 saturated heterocycles. The van der Waals surface area contributed by atoms with E-state index in [-0.39, 0.29) is 35.8 Å². The van der Waals surface area contributed by atoms with Gasteiger partial charge in [-0.05, 0) is 91.9 Å². The molecule has 0 bridgehead atoms. The van der Waals surface area contributed by atoms with Crippen LogP contribution in [0.25, 0.3) is 11.3 Å². The van der Waals surface area contributed by atoms with Gasteiger partial charge in [0.25, 0.3) is 17.7 Å². The number of nitrogens with zero attached hydrogens (tertiary/aromatic N) is 9. The van der Waals surface area contributed by atoms with E-state index in [4.69, 9.17) is 9.47 Å². The third-order valence-electron chi connectivity index (χ3n) is 13.0. The number of fused-ring (bicyclic) bond motifs is 1. The van der Waals surface area contributed by atoms with Crippen LogP contribution in [0.15, 0.2) is 104 Å². The van der Waals surface area contributed by atoms with Gasteiger partial charge in [0.05, 0.1) is 55.5 Å². The molecule has 6 heterocycles. The highest BCUT2D eigenvalue weighted by molar-refractivity contribution is 6.25. The molecule has 0 saturated carbocycles. The van der Waals surface area contributed by atoms with E-state index in [1.807, 2.05) is 78.7 Å². The number of piperidine rings is 1. The molecule has 21 heteroatoms. The van der Waals surface area contributed by atoms with Crippen LogP contribution < -0.4 is 21.3 Å². The minimum Gasteiger partial charge on any atom is -0.382 e. The van der Waals surface area contributed by atoms with E-state index in [1.165, 1.54) is 0 Å². The smallest absolute Gasteiger partial charge is 0.264 e. The van der Waals surface area contributed by atoms with Crippen molar-refractivity contribution in [2.24, 2.45) is 0 Å². The number of piperazine rings is 1. The van der Waals surface area contributed by atoms with Crippen molar-refractivity contribution in [2.75, 3.05) is 75.1 Å². The molecule has 3 aromatic heterocycles. The van der Waals surface area contributed by atoms with Crippen molar-refractivity contribution in [3.05, 3.63) is 137 Å². The van der Waals surface area contributed by atoms with Gasteiger partial charge in [0.1, 0.15) is 6.04 Å². The molecule has 0 radical (unpaired) electrons. The Morgan fingerprint density at radius 1 is 0.851 bits per heavy atom. The van der Waals surface area contributed by atoms with Crippen LogP contribution in [0.5, 0.6) is 0 Å². The Kier molecular flexibility index (Phi) is 16.4. The highest BCUT2D eigenvalue weighted by Gasteiger charge is 2.45. The average Bonchev–Trinajstić information content (AvgIpc) is 3.98. The number of imide groups is 2. The van der Waals surface area contributed by atoms with Gasteiger partial charge in [-0.15, -0.1) is 5.10 Å². The standard InChI is InChI=1S/C53H57N13O8/c1-35-10-15-39(31-44(35)59-53-56-20-18-42(58-53)38-5-4-19-54-32-38)57-49(69)37-13-11-36(12-14-37)33-63-22-24-64(25-23-63)47(68)9-2-6-40-34-65(62-61-40)26-28-74-30-29-73-27-21-55-43-8-3-7-41-48(43)52(72)66(51(41)71)45-16-17-46(67)60-50(45)70/h3-5,7-8,10-15,18-20,31-32,34,45,55H,2,6,9,16-17,21-30,33H2,1H3,(H,57,69)(H,56,58,59)(H,60,67,70). The number of hydrogen-bond donors (Lipinski definition) is 4. The summed E-state index contributed by atoms with van der Waals surface area (Å²) in [6.07, 6.45) is 8.91. The number of aromatic nitrogens is 6. The highest BCUT2D eigenvalue weighted by Crippen LogP contribution is 2.32. The summed E-state index contributed by atoms with van der Waals surface area (Å²) < 4.78 is 13.1. The normalized spacial score (nSPS) is 15.8. The average molecular weight is 1000 g/mol. The molecular formula is C53H57N13O8. The van der Waals surface area contributed by atoms with Crippen LogP contribution in [-0.4, -0.2) is 145 Å². The predicted octanol–water partition coefficient (Wildman–Crippen LogP) is 4.65. The fraction of sp³-hybridized carbons (Fsp3) is 0.340. The quantitative estimate of drug-likeness (QED) is 0.0534. The Bertz CT molecular complexity index is 3000. The van der Waals surface area contributed by atoms with E-state index in [0.29, 0.717) is 94.8 Å². The highest BCUT2D eigenvalue weighted by atomic mass is 16.5. The summed E-state index contributed by atoms with van der Waals surface area (Å²) in [6.45, 7) is 7.82.